The summed E-state index contributed by atoms with van der Waals surface area (Å²) in [7, 11) is 2.98. The van der Waals surface area contributed by atoms with Crippen LogP contribution in [0.1, 0.15) is 24.3 Å². The number of nitrogens with zero attached hydrogens (tertiary/aromatic N) is 4. The highest BCUT2D eigenvalue weighted by Gasteiger charge is 2.15. The van der Waals surface area contributed by atoms with E-state index in [2.05, 4.69) is 15.0 Å². The van der Waals surface area contributed by atoms with Gasteiger partial charge in [-0.1, -0.05) is 5.21 Å². The lowest BCUT2D eigenvalue weighted by atomic mass is 10.3. The van der Waals surface area contributed by atoms with E-state index < -0.39 is 5.97 Å². The van der Waals surface area contributed by atoms with Crippen molar-refractivity contribution in [2.75, 3.05) is 14.2 Å². The molecule has 1 aromatic heterocycles. The Morgan fingerprint density at radius 2 is 2.18 bits per heavy atom. The summed E-state index contributed by atoms with van der Waals surface area (Å²) in [5.74, 6) is -0.665. The molecule has 0 N–H and O–H groups in total. The van der Waals surface area contributed by atoms with Crippen molar-refractivity contribution in [3.8, 4) is 0 Å². The van der Waals surface area contributed by atoms with Crippen LogP contribution in [0, 0.1) is 0 Å². The van der Waals surface area contributed by atoms with Gasteiger partial charge in [0.15, 0.2) is 5.69 Å². The molecule has 0 spiro atoms. The van der Waals surface area contributed by atoms with Gasteiger partial charge in [0, 0.05) is 13.1 Å². The van der Waals surface area contributed by atoms with Crippen LogP contribution < -0.4 is 0 Å². The number of esters is 1. The van der Waals surface area contributed by atoms with Crippen LogP contribution in [-0.2, 0) is 16.1 Å². The van der Waals surface area contributed by atoms with Crippen LogP contribution in [-0.4, -0.2) is 52.0 Å². The number of aromatic nitrogens is 3. The van der Waals surface area contributed by atoms with Crippen molar-refractivity contribution in [2.45, 2.75) is 26.4 Å². The largest absolute Gasteiger partial charge is 0.464 e. The van der Waals surface area contributed by atoms with Gasteiger partial charge >= 0.3 is 5.97 Å². The summed E-state index contributed by atoms with van der Waals surface area (Å²) in [4.78, 5) is 24.4. The van der Waals surface area contributed by atoms with Crippen molar-refractivity contribution in [3.05, 3.63) is 11.9 Å². The third-order valence-electron chi connectivity index (χ3n) is 2.40. The number of methoxy groups -OCH3 is 1. The van der Waals surface area contributed by atoms with Gasteiger partial charge in [0.05, 0.1) is 13.3 Å². The summed E-state index contributed by atoms with van der Waals surface area (Å²) in [5.41, 5.74) is 0.0903. The van der Waals surface area contributed by atoms with E-state index in [0.29, 0.717) is 0 Å². The van der Waals surface area contributed by atoms with Crippen LogP contribution >= 0.6 is 0 Å². The van der Waals surface area contributed by atoms with E-state index in [1.807, 2.05) is 13.8 Å². The first-order valence-electron chi connectivity index (χ1n) is 5.19. The standard InChI is InChI=1S/C10H16N4O3/c1-7(2)13(3)9(15)6-14-5-8(11-12-14)10(16)17-4/h5,7H,6H2,1-4H3. The first-order valence-corrected chi connectivity index (χ1v) is 5.19. The lowest BCUT2D eigenvalue weighted by molar-refractivity contribution is -0.132. The van der Waals surface area contributed by atoms with Gasteiger partial charge in [-0.2, -0.15) is 0 Å². The van der Waals surface area contributed by atoms with Crippen molar-refractivity contribution < 1.29 is 14.3 Å². The Morgan fingerprint density at radius 3 is 2.71 bits per heavy atom. The molecule has 0 aliphatic rings. The molecule has 0 saturated carbocycles. The smallest absolute Gasteiger partial charge is 0.360 e. The van der Waals surface area contributed by atoms with Gasteiger partial charge in [-0.25, -0.2) is 9.48 Å². The predicted octanol–water partition coefficient (Wildman–Crippen LogP) is -0.0685. The Labute approximate surface area is 99.3 Å². The van der Waals surface area contributed by atoms with E-state index in [-0.39, 0.29) is 24.2 Å². The quantitative estimate of drug-likeness (QED) is 0.688. The predicted molar refractivity (Wildman–Crippen MR) is 59.3 cm³/mol. The van der Waals surface area contributed by atoms with Gasteiger partial charge in [-0.3, -0.25) is 4.79 Å². The fourth-order valence-corrected chi connectivity index (χ4v) is 1.11. The number of amides is 1. The summed E-state index contributed by atoms with van der Waals surface area (Å²) < 4.78 is 5.80. The molecular weight excluding hydrogens is 224 g/mol. The number of likely N-dealkylation sites (N-methyl/N-ethyl adjacent to an activating group) is 1. The van der Waals surface area contributed by atoms with Gasteiger partial charge in [0.2, 0.25) is 5.91 Å². The molecule has 0 radical (unpaired) electrons. The van der Waals surface area contributed by atoms with E-state index in [1.165, 1.54) is 18.0 Å². The van der Waals surface area contributed by atoms with Gasteiger partial charge in [-0.05, 0) is 13.8 Å². The molecule has 94 valence electrons. The summed E-state index contributed by atoms with van der Waals surface area (Å²) in [5, 5.41) is 7.30. The molecule has 0 fully saturated rings. The molecule has 0 aliphatic carbocycles. The molecule has 1 aromatic rings. The Morgan fingerprint density at radius 1 is 1.53 bits per heavy atom. The second-order valence-electron chi connectivity index (χ2n) is 3.89. The fourth-order valence-electron chi connectivity index (χ4n) is 1.11. The Bertz CT molecular complexity index is 413. The number of hydrogen-bond acceptors (Lipinski definition) is 5. The van der Waals surface area contributed by atoms with Crippen LogP contribution in [0.4, 0.5) is 0 Å². The van der Waals surface area contributed by atoms with Crippen molar-refractivity contribution in [1.82, 2.24) is 19.9 Å². The van der Waals surface area contributed by atoms with Crippen molar-refractivity contribution in [3.63, 3.8) is 0 Å². The van der Waals surface area contributed by atoms with Crippen molar-refractivity contribution >= 4 is 11.9 Å². The molecule has 17 heavy (non-hydrogen) atoms. The van der Waals surface area contributed by atoms with E-state index >= 15 is 0 Å². The average molecular weight is 240 g/mol. The molecule has 0 saturated heterocycles. The lowest BCUT2D eigenvalue weighted by Gasteiger charge is -2.20. The fraction of sp³-hybridized carbons (Fsp3) is 0.600. The van der Waals surface area contributed by atoms with E-state index in [0.717, 1.165) is 0 Å². The molecule has 0 aliphatic heterocycles. The van der Waals surface area contributed by atoms with Crippen LogP contribution in [0.2, 0.25) is 0 Å². The SMILES string of the molecule is COC(=O)c1cn(CC(=O)N(C)C(C)C)nn1. The van der Waals surface area contributed by atoms with E-state index in [4.69, 9.17) is 0 Å². The maximum absolute atomic E-state index is 11.7. The van der Waals surface area contributed by atoms with Crippen LogP contribution in [0.3, 0.4) is 0 Å². The zero-order valence-electron chi connectivity index (χ0n) is 10.4. The molecule has 1 heterocycles. The lowest BCUT2D eigenvalue weighted by Crippen LogP contribution is -2.35. The van der Waals surface area contributed by atoms with Gasteiger partial charge in [-0.15, -0.1) is 5.10 Å². The minimum atomic E-state index is -0.569. The van der Waals surface area contributed by atoms with Crippen LogP contribution in [0.15, 0.2) is 6.20 Å². The minimum absolute atomic E-state index is 0.0542. The highest BCUT2D eigenvalue weighted by Crippen LogP contribution is 1.99. The number of ether oxygens (including phenoxy) is 1. The Kier molecular flexibility index (Phi) is 4.19. The second-order valence-corrected chi connectivity index (χ2v) is 3.89. The Balaban J connectivity index is 2.67. The topological polar surface area (TPSA) is 77.3 Å². The van der Waals surface area contributed by atoms with Crippen molar-refractivity contribution in [1.29, 1.82) is 0 Å². The maximum Gasteiger partial charge on any atom is 0.360 e. The zero-order valence-corrected chi connectivity index (χ0v) is 10.4. The monoisotopic (exact) mass is 240 g/mol. The van der Waals surface area contributed by atoms with E-state index in [1.54, 1.807) is 11.9 Å². The van der Waals surface area contributed by atoms with Gasteiger partial charge in [0.25, 0.3) is 0 Å². The first kappa shape index (κ1) is 13.1. The second kappa shape index (κ2) is 5.42. The molecular formula is C10H16N4O3. The number of carbonyl (C=O) groups is 2. The number of rotatable bonds is 4. The van der Waals surface area contributed by atoms with Gasteiger partial charge < -0.3 is 9.64 Å². The number of hydrogen-bond donors (Lipinski definition) is 0. The molecule has 0 bridgehead atoms. The van der Waals surface area contributed by atoms with Gasteiger partial charge in [0.1, 0.15) is 6.54 Å². The summed E-state index contributed by atoms with van der Waals surface area (Å²) in [6.45, 7) is 3.89. The molecule has 7 heteroatoms. The third kappa shape index (κ3) is 3.27. The third-order valence-corrected chi connectivity index (χ3v) is 2.40. The molecule has 0 atom stereocenters. The highest BCUT2D eigenvalue weighted by molar-refractivity contribution is 5.86. The molecule has 0 aromatic carbocycles. The molecule has 0 unspecified atom stereocenters. The summed E-state index contributed by atoms with van der Waals surface area (Å²) in [6, 6.07) is 0.117. The van der Waals surface area contributed by atoms with Crippen LogP contribution in [0.25, 0.3) is 0 Å². The summed E-state index contributed by atoms with van der Waals surface area (Å²) >= 11 is 0. The molecule has 7 nitrogen and oxygen atoms in total. The zero-order chi connectivity index (χ0) is 13.0. The van der Waals surface area contributed by atoms with Crippen molar-refractivity contribution in [2.24, 2.45) is 0 Å². The summed E-state index contributed by atoms with van der Waals surface area (Å²) in [6.07, 6.45) is 1.39. The number of carbonyl (C=O) groups excluding carboxylic acids is 2. The van der Waals surface area contributed by atoms with E-state index in [9.17, 15) is 9.59 Å². The maximum atomic E-state index is 11.7. The normalized spacial score (nSPS) is 10.4. The minimum Gasteiger partial charge on any atom is -0.464 e. The van der Waals surface area contributed by atoms with Crippen LogP contribution in [0.5, 0.6) is 0 Å². The Hall–Kier alpha value is -1.92. The highest BCUT2D eigenvalue weighted by atomic mass is 16.5. The average Bonchev–Trinajstić information content (AvgIpc) is 2.75. The first-order chi connectivity index (χ1) is 7.95. The molecule has 1 rings (SSSR count). The molecule has 1 amide bonds.